The van der Waals surface area contributed by atoms with E-state index < -0.39 is 6.10 Å². The molecule has 2 aromatic rings. The Morgan fingerprint density at radius 2 is 1.87 bits per heavy atom. The van der Waals surface area contributed by atoms with Crippen molar-refractivity contribution in [3.8, 4) is 5.75 Å². The number of piperidine rings is 1. The third-order valence-corrected chi connectivity index (χ3v) is 6.43. The van der Waals surface area contributed by atoms with Gasteiger partial charge < -0.3 is 15.0 Å². The van der Waals surface area contributed by atoms with Crippen LogP contribution in [0.4, 0.5) is 5.69 Å². The lowest BCUT2D eigenvalue weighted by Gasteiger charge is -2.32. The van der Waals surface area contributed by atoms with Crippen molar-refractivity contribution in [2.75, 3.05) is 18.0 Å². The Bertz CT molecular complexity index is 862. The monoisotopic (exact) mass is 406 g/mol. The van der Waals surface area contributed by atoms with Crippen molar-refractivity contribution in [2.45, 2.75) is 65.0 Å². The average molecular weight is 407 g/mol. The number of benzene rings is 2. The van der Waals surface area contributed by atoms with Crippen LogP contribution in [-0.4, -0.2) is 25.1 Å². The number of amides is 1. The van der Waals surface area contributed by atoms with E-state index in [2.05, 4.69) is 53.5 Å². The molecule has 1 heterocycles. The van der Waals surface area contributed by atoms with Gasteiger partial charge in [0.25, 0.3) is 5.91 Å². The molecule has 2 unspecified atom stereocenters. The number of nitrogens with zero attached hydrogens (tertiary/aromatic N) is 1. The van der Waals surface area contributed by atoms with Gasteiger partial charge in [0.1, 0.15) is 5.75 Å². The second-order valence-corrected chi connectivity index (χ2v) is 8.98. The Balaban J connectivity index is 1.27. The van der Waals surface area contributed by atoms with Gasteiger partial charge in [0.05, 0.1) is 0 Å². The number of anilines is 1. The van der Waals surface area contributed by atoms with Crippen LogP contribution in [0.25, 0.3) is 0 Å². The zero-order valence-electron chi connectivity index (χ0n) is 18.3. The van der Waals surface area contributed by atoms with Crippen LogP contribution in [0.15, 0.2) is 42.5 Å². The van der Waals surface area contributed by atoms with Crippen LogP contribution < -0.4 is 15.0 Å². The van der Waals surface area contributed by atoms with E-state index in [9.17, 15) is 4.79 Å². The molecule has 4 heteroatoms. The molecule has 2 aliphatic rings. The third kappa shape index (κ3) is 5.16. The van der Waals surface area contributed by atoms with E-state index in [1.54, 1.807) is 0 Å². The zero-order valence-corrected chi connectivity index (χ0v) is 18.3. The van der Waals surface area contributed by atoms with E-state index in [-0.39, 0.29) is 5.91 Å². The van der Waals surface area contributed by atoms with Crippen molar-refractivity contribution in [1.29, 1.82) is 0 Å². The van der Waals surface area contributed by atoms with Gasteiger partial charge in [-0.05, 0) is 92.3 Å². The number of rotatable bonds is 6. The third-order valence-electron chi connectivity index (χ3n) is 6.43. The maximum atomic E-state index is 12.5. The van der Waals surface area contributed by atoms with E-state index in [4.69, 9.17) is 4.74 Å². The molecule has 0 spiro atoms. The lowest BCUT2D eigenvalue weighted by atomic mass is 9.92. The predicted octanol–water partition coefficient (Wildman–Crippen LogP) is 4.89. The average Bonchev–Trinajstić information content (AvgIpc) is 2.77. The maximum absolute atomic E-state index is 12.5. The summed E-state index contributed by atoms with van der Waals surface area (Å²) >= 11 is 0. The maximum Gasteiger partial charge on any atom is 0.261 e. The van der Waals surface area contributed by atoms with Gasteiger partial charge in [0.2, 0.25) is 0 Å². The van der Waals surface area contributed by atoms with Gasteiger partial charge in [-0.15, -0.1) is 0 Å². The molecule has 1 amide bonds. The van der Waals surface area contributed by atoms with Gasteiger partial charge in [0, 0.05) is 25.3 Å². The molecule has 1 N–H and O–H groups in total. The Hall–Kier alpha value is -2.49. The first-order chi connectivity index (χ1) is 14.6. The van der Waals surface area contributed by atoms with Crippen LogP contribution in [0.5, 0.6) is 5.75 Å². The van der Waals surface area contributed by atoms with Crippen LogP contribution in [0, 0.1) is 5.92 Å². The molecule has 0 saturated carbocycles. The summed E-state index contributed by atoms with van der Waals surface area (Å²) in [6.45, 7) is 6.93. The smallest absolute Gasteiger partial charge is 0.261 e. The summed E-state index contributed by atoms with van der Waals surface area (Å²) in [6, 6.07) is 14.8. The van der Waals surface area contributed by atoms with Crippen LogP contribution >= 0.6 is 0 Å². The minimum atomic E-state index is -0.513. The minimum Gasteiger partial charge on any atom is -0.481 e. The second-order valence-electron chi connectivity index (χ2n) is 8.98. The van der Waals surface area contributed by atoms with E-state index in [1.165, 1.54) is 42.5 Å². The predicted molar refractivity (Wildman–Crippen MR) is 122 cm³/mol. The number of fused-ring (bicyclic) bond motifs is 1. The van der Waals surface area contributed by atoms with Crippen LogP contribution in [-0.2, 0) is 24.2 Å². The number of carbonyl (C=O) groups is 1. The normalized spacial score (nSPS) is 19.7. The Morgan fingerprint density at radius 3 is 2.63 bits per heavy atom. The van der Waals surface area contributed by atoms with Crippen molar-refractivity contribution >= 4 is 11.6 Å². The Morgan fingerprint density at radius 1 is 1.10 bits per heavy atom. The number of ether oxygens (including phenoxy) is 1. The lowest BCUT2D eigenvalue weighted by molar-refractivity contribution is -0.127. The number of hydrogen-bond donors (Lipinski definition) is 1. The number of aryl methyl sites for hydroxylation is 2. The summed E-state index contributed by atoms with van der Waals surface area (Å²) in [5.74, 6) is 1.47. The molecule has 2 atom stereocenters. The van der Waals surface area contributed by atoms with Gasteiger partial charge in [-0.1, -0.05) is 25.1 Å². The quantitative estimate of drug-likeness (QED) is 0.743. The summed E-state index contributed by atoms with van der Waals surface area (Å²) in [6.07, 6.45) is 6.85. The van der Waals surface area contributed by atoms with Crippen LogP contribution in [0.2, 0.25) is 0 Å². The van der Waals surface area contributed by atoms with E-state index in [0.29, 0.717) is 6.54 Å². The fourth-order valence-electron chi connectivity index (χ4n) is 4.62. The summed E-state index contributed by atoms with van der Waals surface area (Å²) in [5, 5.41) is 3.01. The highest BCUT2D eigenvalue weighted by atomic mass is 16.5. The Kier molecular flexibility index (Phi) is 6.61. The molecule has 30 heavy (non-hydrogen) atoms. The second kappa shape index (κ2) is 9.55. The standard InChI is InChI=1S/C26H34N2O2/c1-19-6-5-15-28(18-19)24-12-9-21(10-13-24)17-27-26(29)20(2)30-25-14-11-22-7-3-4-8-23(22)16-25/h9-14,16,19-20H,3-8,15,17-18H2,1-2H3,(H,27,29). The molecular formula is C26H34N2O2. The van der Waals surface area contributed by atoms with Crippen molar-refractivity contribution in [1.82, 2.24) is 5.32 Å². The Labute approximate surface area is 180 Å². The van der Waals surface area contributed by atoms with E-state index >= 15 is 0 Å². The first-order valence-corrected chi connectivity index (χ1v) is 11.5. The fraction of sp³-hybridized carbons (Fsp3) is 0.500. The molecule has 0 aromatic heterocycles. The summed E-state index contributed by atoms with van der Waals surface area (Å²) in [7, 11) is 0. The number of hydrogen-bond acceptors (Lipinski definition) is 3. The SMILES string of the molecule is CC1CCCN(c2ccc(CNC(=O)C(C)Oc3ccc4c(c3)CCCC4)cc2)C1. The highest BCUT2D eigenvalue weighted by molar-refractivity contribution is 5.80. The van der Waals surface area contributed by atoms with Crippen LogP contribution in [0.1, 0.15) is 56.2 Å². The lowest BCUT2D eigenvalue weighted by Crippen LogP contribution is -2.36. The van der Waals surface area contributed by atoms with Gasteiger partial charge in [-0.3, -0.25) is 4.79 Å². The van der Waals surface area contributed by atoms with Gasteiger partial charge in [0.15, 0.2) is 6.10 Å². The van der Waals surface area contributed by atoms with Crippen LogP contribution in [0.3, 0.4) is 0 Å². The topological polar surface area (TPSA) is 41.6 Å². The molecule has 4 rings (SSSR count). The van der Waals surface area contributed by atoms with Crippen molar-refractivity contribution in [3.63, 3.8) is 0 Å². The molecular weight excluding hydrogens is 372 g/mol. The molecule has 2 aromatic carbocycles. The van der Waals surface area contributed by atoms with Gasteiger partial charge in [-0.25, -0.2) is 0 Å². The molecule has 1 aliphatic carbocycles. The molecule has 4 nitrogen and oxygen atoms in total. The molecule has 1 fully saturated rings. The van der Waals surface area contributed by atoms with Crippen molar-refractivity contribution in [3.05, 3.63) is 59.2 Å². The first-order valence-electron chi connectivity index (χ1n) is 11.5. The number of carbonyl (C=O) groups excluding carboxylic acids is 1. The summed E-state index contributed by atoms with van der Waals surface area (Å²) in [5.41, 5.74) is 5.18. The highest BCUT2D eigenvalue weighted by Gasteiger charge is 2.18. The molecule has 0 bridgehead atoms. The molecule has 1 aliphatic heterocycles. The zero-order chi connectivity index (χ0) is 20.9. The summed E-state index contributed by atoms with van der Waals surface area (Å²) in [4.78, 5) is 15.0. The number of nitrogens with one attached hydrogen (secondary N) is 1. The summed E-state index contributed by atoms with van der Waals surface area (Å²) < 4.78 is 5.92. The molecule has 1 saturated heterocycles. The van der Waals surface area contributed by atoms with Gasteiger partial charge >= 0.3 is 0 Å². The van der Waals surface area contributed by atoms with E-state index in [1.807, 2.05) is 13.0 Å². The highest BCUT2D eigenvalue weighted by Crippen LogP contribution is 2.26. The van der Waals surface area contributed by atoms with Crippen molar-refractivity contribution in [2.24, 2.45) is 5.92 Å². The van der Waals surface area contributed by atoms with Gasteiger partial charge in [-0.2, -0.15) is 0 Å². The molecule has 160 valence electrons. The molecule has 0 radical (unpaired) electrons. The fourth-order valence-corrected chi connectivity index (χ4v) is 4.62. The van der Waals surface area contributed by atoms with E-state index in [0.717, 1.165) is 43.2 Å². The largest absolute Gasteiger partial charge is 0.481 e. The van der Waals surface area contributed by atoms with Crippen molar-refractivity contribution < 1.29 is 9.53 Å². The first kappa shape index (κ1) is 20.8. The minimum absolute atomic E-state index is 0.0818.